The molecule has 6 nitrogen and oxygen atoms in total. The van der Waals surface area contributed by atoms with E-state index in [1.165, 1.54) is 0 Å². The number of anilines is 1. The van der Waals surface area contributed by atoms with E-state index in [1.54, 1.807) is 7.11 Å². The van der Waals surface area contributed by atoms with E-state index in [1.807, 2.05) is 53.4 Å². The summed E-state index contributed by atoms with van der Waals surface area (Å²) in [6.07, 6.45) is 3.60. The van der Waals surface area contributed by atoms with Gasteiger partial charge in [-0.2, -0.15) is 0 Å². The van der Waals surface area contributed by atoms with Crippen LogP contribution in [-0.2, 0) is 4.84 Å². The Labute approximate surface area is 172 Å². The molecule has 0 saturated carbocycles. The molecular formula is C21H22BrN3O3. The predicted octanol–water partition coefficient (Wildman–Crippen LogP) is 4.40. The van der Waals surface area contributed by atoms with Crippen molar-refractivity contribution in [1.29, 1.82) is 0 Å². The van der Waals surface area contributed by atoms with Gasteiger partial charge in [0, 0.05) is 36.0 Å². The molecule has 28 heavy (non-hydrogen) atoms. The third-order valence-electron chi connectivity index (χ3n) is 5.16. The number of para-hydroxylation sites is 1. The number of urea groups is 1. The highest BCUT2D eigenvalue weighted by atomic mass is 79.9. The monoisotopic (exact) mass is 443 g/mol. The van der Waals surface area contributed by atoms with E-state index in [9.17, 15) is 4.79 Å². The number of nitrogens with zero attached hydrogens (tertiary/aromatic N) is 1. The zero-order valence-electron chi connectivity index (χ0n) is 15.6. The number of likely N-dealkylation sites (tertiary alicyclic amines) is 1. The van der Waals surface area contributed by atoms with Gasteiger partial charge in [-0.1, -0.05) is 24.3 Å². The minimum absolute atomic E-state index is 0.0929. The van der Waals surface area contributed by atoms with Gasteiger partial charge in [0.1, 0.15) is 11.4 Å². The summed E-state index contributed by atoms with van der Waals surface area (Å²) in [5, 5.41) is 2.96. The first-order valence-electron chi connectivity index (χ1n) is 9.20. The summed E-state index contributed by atoms with van der Waals surface area (Å²) in [4.78, 5) is 20.4. The largest absolute Gasteiger partial charge is 0.497 e. The molecule has 146 valence electrons. The number of hydroxylamine groups is 1. The van der Waals surface area contributed by atoms with Crippen LogP contribution in [0.3, 0.4) is 0 Å². The van der Waals surface area contributed by atoms with Gasteiger partial charge in [-0.15, -0.1) is 0 Å². The number of rotatable bonds is 3. The lowest BCUT2D eigenvalue weighted by atomic mass is 9.90. The number of hydrogen-bond donors (Lipinski definition) is 2. The molecule has 1 saturated heterocycles. The zero-order valence-corrected chi connectivity index (χ0v) is 17.2. The molecule has 2 aliphatic heterocycles. The van der Waals surface area contributed by atoms with E-state index in [0.717, 1.165) is 40.0 Å². The van der Waals surface area contributed by atoms with Crippen molar-refractivity contribution in [3.05, 3.63) is 64.6 Å². The third-order valence-corrected chi connectivity index (χ3v) is 5.86. The van der Waals surface area contributed by atoms with Crippen LogP contribution in [0.25, 0.3) is 5.70 Å². The van der Waals surface area contributed by atoms with Crippen LogP contribution in [0.1, 0.15) is 18.4 Å². The standard InChI is InChI=1S/C21H22BrN3O3/c1-27-16-6-4-5-15(13-16)19-14-21(28-24-19)9-11-25(12-10-21)20(26)23-18-8-3-2-7-17(18)22/h2-8,13-14,24H,9-12H2,1H3,(H,23,26). The number of carbonyl (C=O) groups excluding carboxylic acids is 1. The van der Waals surface area contributed by atoms with Gasteiger partial charge in [0.15, 0.2) is 0 Å². The minimum atomic E-state index is -0.386. The zero-order chi connectivity index (χ0) is 19.6. The number of nitrogens with one attached hydrogen (secondary N) is 2. The molecule has 1 fully saturated rings. The molecule has 4 rings (SSSR count). The maximum atomic E-state index is 12.6. The van der Waals surface area contributed by atoms with Crippen molar-refractivity contribution in [1.82, 2.24) is 10.4 Å². The van der Waals surface area contributed by atoms with E-state index in [4.69, 9.17) is 9.57 Å². The Balaban J connectivity index is 1.40. The molecule has 2 aromatic rings. The first-order valence-corrected chi connectivity index (χ1v) is 10.00. The molecule has 1 spiro atoms. The molecule has 2 aromatic carbocycles. The second-order valence-corrected chi connectivity index (χ2v) is 7.81. The fraction of sp³-hybridized carbons (Fsp3) is 0.286. The summed E-state index contributed by atoms with van der Waals surface area (Å²) in [7, 11) is 1.66. The fourth-order valence-corrected chi connectivity index (χ4v) is 3.89. The van der Waals surface area contributed by atoms with Gasteiger partial charge in [0.2, 0.25) is 0 Å². The first-order chi connectivity index (χ1) is 13.6. The van der Waals surface area contributed by atoms with Gasteiger partial charge >= 0.3 is 6.03 Å². The summed E-state index contributed by atoms with van der Waals surface area (Å²) in [6, 6.07) is 15.4. The summed E-state index contributed by atoms with van der Waals surface area (Å²) in [5.74, 6) is 0.805. The van der Waals surface area contributed by atoms with Crippen molar-refractivity contribution in [2.45, 2.75) is 18.4 Å². The quantitative estimate of drug-likeness (QED) is 0.737. The van der Waals surface area contributed by atoms with Crippen molar-refractivity contribution in [2.75, 3.05) is 25.5 Å². The molecule has 2 heterocycles. The Hall–Kier alpha value is -2.51. The number of amides is 2. The van der Waals surface area contributed by atoms with E-state index in [0.29, 0.717) is 13.1 Å². The third kappa shape index (κ3) is 3.86. The van der Waals surface area contributed by atoms with Crippen molar-refractivity contribution in [3.63, 3.8) is 0 Å². The molecule has 0 aromatic heterocycles. The second-order valence-electron chi connectivity index (χ2n) is 6.96. The van der Waals surface area contributed by atoms with Crippen LogP contribution in [0.5, 0.6) is 5.75 Å². The average molecular weight is 444 g/mol. The van der Waals surface area contributed by atoms with Crippen LogP contribution in [-0.4, -0.2) is 36.7 Å². The number of hydrogen-bond acceptors (Lipinski definition) is 4. The van der Waals surface area contributed by atoms with Gasteiger partial charge in [-0.05, 0) is 46.3 Å². The van der Waals surface area contributed by atoms with Crippen LogP contribution in [0.4, 0.5) is 10.5 Å². The SMILES string of the molecule is COc1cccc(C2=CC3(CCN(C(=O)Nc4ccccc4Br)CC3)ON2)c1. The van der Waals surface area contributed by atoms with Crippen LogP contribution in [0.2, 0.25) is 0 Å². The first kappa shape index (κ1) is 18.8. The highest BCUT2D eigenvalue weighted by Gasteiger charge is 2.40. The topological polar surface area (TPSA) is 62.8 Å². The molecule has 0 atom stereocenters. The molecule has 7 heteroatoms. The average Bonchev–Trinajstić information content (AvgIpc) is 3.14. The molecule has 0 bridgehead atoms. The minimum Gasteiger partial charge on any atom is -0.497 e. The fourth-order valence-electron chi connectivity index (χ4n) is 3.50. The molecule has 0 unspecified atom stereocenters. The smallest absolute Gasteiger partial charge is 0.321 e. The Morgan fingerprint density at radius 1 is 1.21 bits per heavy atom. The maximum absolute atomic E-state index is 12.6. The Bertz CT molecular complexity index is 907. The van der Waals surface area contributed by atoms with Crippen molar-refractivity contribution in [2.24, 2.45) is 0 Å². The number of halogens is 1. The Morgan fingerprint density at radius 2 is 2.00 bits per heavy atom. The summed E-state index contributed by atoms with van der Waals surface area (Å²) < 4.78 is 6.17. The van der Waals surface area contributed by atoms with Crippen LogP contribution < -0.4 is 15.5 Å². The van der Waals surface area contributed by atoms with Gasteiger partial charge in [0.25, 0.3) is 0 Å². The van der Waals surface area contributed by atoms with E-state index in [-0.39, 0.29) is 11.6 Å². The lowest BCUT2D eigenvalue weighted by Gasteiger charge is -2.36. The molecule has 2 N–H and O–H groups in total. The normalized spacial score (nSPS) is 17.8. The van der Waals surface area contributed by atoms with Crippen LogP contribution in [0, 0.1) is 0 Å². The number of ether oxygens (including phenoxy) is 1. The number of piperidine rings is 1. The molecule has 0 aliphatic carbocycles. The lowest BCUT2D eigenvalue weighted by molar-refractivity contribution is -0.0634. The van der Waals surface area contributed by atoms with E-state index in [2.05, 4.69) is 32.8 Å². The number of benzene rings is 2. The summed E-state index contributed by atoms with van der Waals surface area (Å²) in [5.41, 5.74) is 5.39. The maximum Gasteiger partial charge on any atom is 0.321 e. The van der Waals surface area contributed by atoms with Gasteiger partial charge in [-0.3, -0.25) is 10.3 Å². The Kier molecular flexibility index (Phi) is 5.28. The van der Waals surface area contributed by atoms with Crippen LogP contribution >= 0.6 is 15.9 Å². The highest BCUT2D eigenvalue weighted by molar-refractivity contribution is 9.10. The van der Waals surface area contributed by atoms with E-state index < -0.39 is 0 Å². The van der Waals surface area contributed by atoms with E-state index >= 15 is 0 Å². The van der Waals surface area contributed by atoms with Crippen LogP contribution in [0.15, 0.2) is 59.1 Å². The second kappa shape index (κ2) is 7.85. The number of methoxy groups -OCH3 is 1. The Morgan fingerprint density at radius 3 is 2.75 bits per heavy atom. The molecule has 0 radical (unpaired) electrons. The van der Waals surface area contributed by atoms with Crippen molar-refractivity contribution < 1.29 is 14.4 Å². The van der Waals surface area contributed by atoms with Gasteiger partial charge in [0.05, 0.1) is 18.5 Å². The number of carbonyl (C=O) groups is 1. The predicted molar refractivity (Wildman–Crippen MR) is 112 cm³/mol. The van der Waals surface area contributed by atoms with Gasteiger partial charge in [-0.25, -0.2) is 4.79 Å². The van der Waals surface area contributed by atoms with Gasteiger partial charge < -0.3 is 15.0 Å². The summed E-state index contributed by atoms with van der Waals surface area (Å²) in [6.45, 7) is 1.25. The van der Waals surface area contributed by atoms with Crippen molar-refractivity contribution >= 4 is 33.3 Å². The molecule has 2 aliphatic rings. The summed E-state index contributed by atoms with van der Waals surface area (Å²) >= 11 is 3.46. The molecule has 2 amide bonds. The van der Waals surface area contributed by atoms with Crippen molar-refractivity contribution in [3.8, 4) is 5.75 Å². The molecular weight excluding hydrogens is 422 g/mol. The highest BCUT2D eigenvalue weighted by Crippen LogP contribution is 2.35. The lowest BCUT2D eigenvalue weighted by Crippen LogP contribution is -2.48.